The summed E-state index contributed by atoms with van der Waals surface area (Å²) in [6.45, 7) is 0.987. The molecular weight excluding hydrogens is 138 g/mol. The molecule has 2 nitrogen and oxygen atoms in total. The van der Waals surface area contributed by atoms with Crippen molar-refractivity contribution in [1.82, 2.24) is 5.32 Å². The molecule has 0 radical (unpaired) electrons. The lowest BCUT2D eigenvalue weighted by Crippen LogP contribution is -2.30. The highest BCUT2D eigenvalue weighted by molar-refractivity contribution is 4.58. The summed E-state index contributed by atoms with van der Waals surface area (Å²) < 4.78 is 0. The molecule has 0 amide bonds. The van der Waals surface area contributed by atoms with Gasteiger partial charge in [0.15, 0.2) is 0 Å². The van der Waals surface area contributed by atoms with E-state index >= 15 is 0 Å². The largest absolute Gasteiger partial charge is 0.379 e. The van der Waals surface area contributed by atoms with Gasteiger partial charge in [-0.2, -0.15) is 0 Å². The Kier molecular flexibility index (Phi) is 9.85. The highest BCUT2D eigenvalue weighted by Crippen LogP contribution is 2.07. The summed E-state index contributed by atoms with van der Waals surface area (Å²) in [5, 5.41) is 12.1. The second-order valence-corrected chi connectivity index (χ2v) is 2.67. The summed E-state index contributed by atoms with van der Waals surface area (Å²) in [6.07, 6.45) is 5.70. The van der Waals surface area contributed by atoms with Crippen LogP contribution >= 0.6 is 0 Å². The van der Waals surface area contributed by atoms with Crippen LogP contribution in [0.15, 0.2) is 0 Å². The lowest BCUT2D eigenvalue weighted by Gasteiger charge is -2.15. The summed E-state index contributed by atoms with van der Waals surface area (Å²) in [5.74, 6) is 0. The molecule has 1 heterocycles. The van der Waals surface area contributed by atoms with Gasteiger partial charge in [-0.1, -0.05) is 27.7 Å². The number of aliphatic hydroxyl groups excluding tert-OH is 1. The van der Waals surface area contributed by atoms with Gasteiger partial charge in [-0.15, -0.1) is 0 Å². The fourth-order valence-corrected chi connectivity index (χ4v) is 1.19. The molecule has 0 bridgehead atoms. The first-order chi connectivity index (χ1) is 4.39. The van der Waals surface area contributed by atoms with Crippen LogP contribution < -0.4 is 5.32 Å². The van der Waals surface area contributed by atoms with Crippen molar-refractivity contribution in [1.29, 1.82) is 0 Å². The molecule has 11 heavy (non-hydrogen) atoms. The molecule has 0 saturated carbocycles. The number of rotatable bonds is 0. The molecule has 70 valence electrons. The van der Waals surface area contributed by atoms with E-state index < -0.39 is 0 Å². The monoisotopic (exact) mass is 161 g/mol. The van der Waals surface area contributed by atoms with Crippen molar-refractivity contribution in [2.75, 3.05) is 6.54 Å². The second-order valence-electron chi connectivity index (χ2n) is 2.67. The Labute approximate surface area is 71.0 Å². The summed E-state index contributed by atoms with van der Waals surface area (Å²) in [7, 11) is 0. The predicted octanol–water partition coefficient (Wildman–Crippen LogP) is 2.13. The SMILES string of the molecule is C.C.OC1CCCCCCN1. The molecule has 1 rings (SSSR count). The lowest BCUT2D eigenvalue weighted by atomic mass is 10.1. The minimum absolute atomic E-state index is 0. The van der Waals surface area contributed by atoms with E-state index in [1.807, 2.05) is 0 Å². The standard InChI is InChI=1S/C7H15NO.2CH4/c9-7-5-3-1-2-4-6-8-7;;/h7-9H,1-6H2;2*1H4. The van der Waals surface area contributed by atoms with Crippen LogP contribution in [0.3, 0.4) is 0 Å². The molecule has 0 aromatic heterocycles. The van der Waals surface area contributed by atoms with Gasteiger partial charge >= 0.3 is 0 Å². The first-order valence-electron chi connectivity index (χ1n) is 3.81. The molecule has 1 saturated heterocycles. The van der Waals surface area contributed by atoms with Gasteiger partial charge in [0.25, 0.3) is 0 Å². The third kappa shape index (κ3) is 6.32. The fourth-order valence-electron chi connectivity index (χ4n) is 1.19. The van der Waals surface area contributed by atoms with Gasteiger partial charge in [0, 0.05) is 0 Å². The Balaban J connectivity index is 0. The van der Waals surface area contributed by atoms with Gasteiger partial charge in [-0.05, 0) is 25.8 Å². The first-order valence-corrected chi connectivity index (χ1v) is 3.81. The zero-order valence-corrected chi connectivity index (χ0v) is 5.77. The van der Waals surface area contributed by atoms with Crippen LogP contribution in [-0.2, 0) is 0 Å². The van der Waals surface area contributed by atoms with E-state index in [-0.39, 0.29) is 21.1 Å². The Hall–Kier alpha value is -0.0800. The average molecular weight is 161 g/mol. The maximum atomic E-state index is 9.10. The van der Waals surface area contributed by atoms with Crippen LogP contribution in [0.4, 0.5) is 0 Å². The number of hydrogen-bond donors (Lipinski definition) is 2. The maximum absolute atomic E-state index is 9.10. The first kappa shape index (κ1) is 13.5. The molecule has 1 unspecified atom stereocenters. The van der Waals surface area contributed by atoms with Crippen LogP contribution in [-0.4, -0.2) is 17.9 Å². The quantitative estimate of drug-likeness (QED) is 0.570. The normalized spacial score (nSPS) is 25.4. The third-order valence-corrected chi connectivity index (χ3v) is 1.78. The molecule has 1 atom stereocenters. The average Bonchev–Trinajstić information content (AvgIpc) is 1.79. The summed E-state index contributed by atoms with van der Waals surface area (Å²) in [6, 6.07) is 0. The molecule has 0 aliphatic carbocycles. The second kappa shape index (κ2) is 8.02. The van der Waals surface area contributed by atoms with Gasteiger partial charge in [0.05, 0.1) is 0 Å². The molecule has 1 aliphatic rings. The third-order valence-electron chi connectivity index (χ3n) is 1.78. The minimum atomic E-state index is -0.231. The van der Waals surface area contributed by atoms with E-state index in [0.717, 1.165) is 13.0 Å². The molecule has 1 fully saturated rings. The molecule has 2 N–H and O–H groups in total. The Bertz CT molecular complexity index is 68.0. The molecule has 1 aliphatic heterocycles. The zero-order chi connectivity index (χ0) is 6.53. The van der Waals surface area contributed by atoms with Gasteiger partial charge in [-0.25, -0.2) is 0 Å². The predicted molar refractivity (Wildman–Crippen MR) is 50.6 cm³/mol. The van der Waals surface area contributed by atoms with E-state index in [4.69, 9.17) is 5.11 Å². The van der Waals surface area contributed by atoms with Crippen molar-refractivity contribution >= 4 is 0 Å². The van der Waals surface area contributed by atoms with Crippen LogP contribution in [0, 0.1) is 0 Å². The van der Waals surface area contributed by atoms with Crippen molar-refractivity contribution in [3.63, 3.8) is 0 Å². The van der Waals surface area contributed by atoms with Crippen LogP contribution in [0.1, 0.15) is 47.0 Å². The van der Waals surface area contributed by atoms with E-state index in [1.165, 1.54) is 25.7 Å². The summed E-state index contributed by atoms with van der Waals surface area (Å²) in [5.41, 5.74) is 0. The van der Waals surface area contributed by atoms with Crippen molar-refractivity contribution in [2.24, 2.45) is 0 Å². The highest BCUT2D eigenvalue weighted by Gasteiger charge is 2.04. The molecule has 0 aromatic rings. The Morgan fingerprint density at radius 1 is 1.00 bits per heavy atom. The van der Waals surface area contributed by atoms with Gasteiger partial charge < -0.3 is 5.11 Å². The van der Waals surface area contributed by atoms with Crippen molar-refractivity contribution in [3.05, 3.63) is 0 Å². The molecular formula is C9H23NO. The van der Waals surface area contributed by atoms with Gasteiger partial charge in [0.1, 0.15) is 6.23 Å². The van der Waals surface area contributed by atoms with Crippen molar-refractivity contribution in [3.8, 4) is 0 Å². The van der Waals surface area contributed by atoms with E-state index in [1.54, 1.807) is 0 Å². The Morgan fingerprint density at radius 2 is 1.64 bits per heavy atom. The van der Waals surface area contributed by atoms with Crippen molar-refractivity contribution in [2.45, 2.75) is 53.2 Å². The number of hydrogen-bond acceptors (Lipinski definition) is 2. The molecule has 0 aromatic carbocycles. The van der Waals surface area contributed by atoms with Gasteiger partial charge in [0.2, 0.25) is 0 Å². The van der Waals surface area contributed by atoms with Crippen molar-refractivity contribution < 1.29 is 5.11 Å². The van der Waals surface area contributed by atoms with E-state index in [0.29, 0.717) is 0 Å². The summed E-state index contributed by atoms with van der Waals surface area (Å²) in [4.78, 5) is 0. The number of nitrogens with one attached hydrogen (secondary N) is 1. The fraction of sp³-hybridized carbons (Fsp3) is 1.00. The Morgan fingerprint density at radius 3 is 2.36 bits per heavy atom. The van der Waals surface area contributed by atoms with E-state index in [9.17, 15) is 0 Å². The molecule has 0 spiro atoms. The maximum Gasteiger partial charge on any atom is 0.104 e. The number of aliphatic hydroxyl groups is 1. The topological polar surface area (TPSA) is 32.3 Å². The van der Waals surface area contributed by atoms with Gasteiger partial charge in [-0.3, -0.25) is 5.32 Å². The smallest absolute Gasteiger partial charge is 0.104 e. The minimum Gasteiger partial charge on any atom is -0.379 e. The van der Waals surface area contributed by atoms with E-state index in [2.05, 4.69) is 5.32 Å². The van der Waals surface area contributed by atoms with Crippen LogP contribution in [0.2, 0.25) is 0 Å². The molecule has 2 heteroatoms. The summed E-state index contributed by atoms with van der Waals surface area (Å²) >= 11 is 0. The van der Waals surface area contributed by atoms with Crippen LogP contribution in [0.5, 0.6) is 0 Å². The lowest BCUT2D eigenvalue weighted by molar-refractivity contribution is 0.119. The zero-order valence-electron chi connectivity index (χ0n) is 5.77. The highest BCUT2D eigenvalue weighted by atomic mass is 16.3. The van der Waals surface area contributed by atoms with Crippen LogP contribution in [0.25, 0.3) is 0 Å².